The summed E-state index contributed by atoms with van der Waals surface area (Å²) in [5.74, 6) is 0.600. The third-order valence-electron chi connectivity index (χ3n) is 3.56. The Morgan fingerprint density at radius 1 is 1.41 bits per heavy atom. The van der Waals surface area contributed by atoms with Gasteiger partial charge >= 0.3 is 0 Å². The van der Waals surface area contributed by atoms with E-state index in [1.165, 1.54) is 0 Å². The lowest BCUT2D eigenvalue weighted by Gasteiger charge is -2.20. The lowest BCUT2D eigenvalue weighted by Crippen LogP contribution is -2.46. The van der Waals surface area contributed by atoms with Gasteiger partial charge in [0.25, 0.3) is 0 Å². The maximum atomic E-state index is 12.3. The van der Waals surface area contributed by atoms with Gasteiger partial charge in [-0.2, -0.15) is 0 Å². The Hall–Kier alpha value is -1.61. The minimum absolute atomic E-state index is 0.0869. The molecule has 88 valence electrons. The quantitative estimate of drug-likeness (QED) is 0.823. The van der Waals surface area contributed by atoms with E-state index in [-0.39, 0.29) is 5.78 Å². The molecule has 1 saturated carbocycles. The van der Waals surface area contributed by atoms with Crippen LogP contribution in [0.2, 0.25) is 0 Å². The molecule has 2 N–H and O–H groups in total. The standard InChI is InChI=1S/C14H15NO2/c1-14(15,10-6-7-10)13(16)12-8-9-4-2-3-5-11(9)17-12/h2-5,8,10H,6-7,15H2,1H3. The van der Waals surface area contributed by atoms with Gasteiger partial charge in [0, 0.05) is 5.39 Å². The van der Waals surface area contributed by atoms with E-state index in [0.29, 0.717) is 11.7 Å². The predicted molar refractivity (Wildman–Crippen MR) is 65.9 cm³/mol. The Morgan fingerprint density at radius 2 is 2.12 bits per heavy atom. The first kappa shape index (κ1) is 10.5. The molecule has 0 radical (unpaired) electrons. The number of hydrogen-bond donors (Lipinski definition) is 1. The number of carbonyl (C=O) groups excluding carboxylic acids is 1. The number of carbonyl (C=O) groups is 1. The predicted octanol–water partition coefficient (Wildman–Crippen LogP) is 2.74. The van der Waals surface area contributed by atoms with Gasteiger partial charge in [0.1, 0.15) is 5.58 Å². The van der Waals surface area contributed by atoms with Crippen LogP contribution in [0.25, 0.3) is 11.0 Å². The number of furan rings is 1. The van der Waals surface area contributed by atoms with Crippen LogP contribution >= 0.6 is 0 Å². The van der Waals surface area contributed by atoms with Crippen LogP contribution in [0.5, 0.6) is 0 Å². The van der Waals surface area contributed by atoms with Crippen LogP contribution in [-0.2, 0) is 0 Å². The molecule has 0 aliphatic heterocycles. The second-order valence-corrected chi connectivity index (χ2v) is 5.03. The molecule has 1 aromatic carbocycles. The Bertz CT molecular complexity index is 546. The van der Waals surface area contributed by atoms with Gasteiger partial charge in [-0.25, -0.2) is 0 Å². The molecule has 1 atom stereocenters. The number of nitrogens with two attached hydrogens (primary N) is 1. The second-order valence-electron chi connectivity index (χ2n) is 5.03. The van der Waals surface area contributed by atoms with E-state index in [1.54, 1.807) is 13.0 Å². The van der Waals surface area contributed by atoms with Crippen LogP contribution in [0.15, 0.2) is 34.7 Å². The number of Topliss-reactive ketones (excluding diaryl/α,β-unsaturated/α-hetero) is 1. The summed E-state index contributed by atoms with van der Waals surface area (Å²) in [6, 6.07) is 9.39. The molecule has 1 fully saturated rings. The Kier molecular flexibility index (Phi) is 2.13. The molecule has 0 saturated heterocycles. The van der Waals surface area contributed by atoms with Gasteiger partial charge in [0.05, 0.1) is 5.54 Å². The maximum Gasteiger partial charge on any atom is 0.217 e. The number of rotatable bonds is 3. The summed E-state index contributed by atoms with van der Waals surface area (Å²) < 4.78 is 5.56. The summed E-state index contributed by atoms with van der Waals surface area (Å²) in [6.07, 6.45) is 2.08. The molecule has 0 bridgehead atoms. The highest BCUT2D eigenvalue weighted by Crippen LogP contribution is 2.40. The highest BCUT2D eigenvalue weighted by atomic mass is 16.3. The molecule has 17 heavy (non-hydrogen) atoms. The van der Waals surface area contributed by atoms with E-state index in [2.05, 4.69) is 0 Å². The molecule has 3 rings (SSSR count). The van der Waals surface area contributed by atoms with E-state index in [1.807, 2.05) is 24.3 Å². The van der Waals surface area contributed by atoms with Crippen molar-refractivity contribution in [3.05, 3.63) is 36.1 Å². The van der Waals surface area contributed by atoms with Crippen LogP contribution in [0.4, 0.5) is 0 Å². The van der Waals surface area contributed by atoms with Crippen molar-refractivity contribution in [3.63, 3.8) is 0 Å². The number of fused-ring (bicyclic) bond motifs is 1. The second kappa shape index (κ2) is 3.44. The van der Waals surface area contributed by atoms with Gasteiger partial charge in [-0.3, -0.25) is 4.79 Å². The fraction of sp³-hybridized carbons (Fsp3) is 0.357. The highest BCUT2D eigenvalue weighted by Gasteiger charge is 2.45. The van der Waals surface area contributed by atoms with Crippen LogP contribution in [0.3, 0.4) is 0 Å². The average molecular weight is 229 g/mol. The van der Waals surface area contributed by atoms with Crippen molar-refractivity contribution in [1.82, 2.24) is 0 Å². The molecule has 1 heterocycles. The molecular weight excluding hydrogens is 214 g/mol. The SMILES string of the molecule is CC(N)(C(=O)c1cc2ccccc2o1)C1CC1. The summed E-state index contributed by atoms with van der Waals surface area (Å²) in [5, 5.41) is 0.947. The average Bonchev–Trinajstić information content (AvgIpc) is 3.08. The van der Waals surface area contributed by atoms with Crippen LogP contribution < -0.4 is 5.73 Å². The van der Waals surface area contributed by atoms with Crippen LogP contribution in [0, 0.1) is 5.92 Å². The summed E-state index contributed by atoms with van der Waals surface area (Å²) in [5.41, 5.74) is 6.06. The van der Waals surface area contributed by atoms with Gasteiger partial charge in [0.2, 0.25) is 5.78 Å². The van der Waals surface area contributed by atoms with Gasteiger partial charge in [0.15, 0.2) is 5.76 Å². The minimum Gasteiger partial charge on any atom is -0.453 e. The lowest BCUT2D eigenvalue weighted by atomic mass is 9.90. The minimum atomic E-state index is -0.784. The number of para-hydroxylation sites is 1. The first-order valence-electron chi connectivity index (χ1n) is 5.91. The molecule has 0 amide bonds. The number of benzene rings is 1. The number of ketones is 1. The Morgan fingerprint density at radius 3 is 2.76 bits per heavy atom. The van der Waals surface area contributed by atoms with Crippen molar-refractivity contribution in [1.29, 1.82) is 0 Å². The lowest BCUT2D eigenvalue weighted by molar-refractivity contribution is 0.0856. The third-order valence-corrected chi connectivity index (χ3v) is 3.56. The van der Waals surface area contributed by atoms with E-state index >= 15 is 0 Å². The van der Waals surface area contributed by atoms with Crippen molar-refractivity contribution >= 4 is 16.8 Å². The van der Waals surface area contributed by atoms with E-state index in [4.69, 9.17) is 10.2 Å². The first-order valence-corrected chi connectivity index (χ1v) is 5.91. The van der Waals surface area contributed by atoms with E-state index in [9.17, 15) is 4.79 Å². The van der Waals surface area contributed by atoms with Gasteiger partial charge in [-0.15, -0.1) is 0 Å². The number of hydrogen-bond acceptors (Lipinski definition) is 3. The topological polar surface area (TPSA) is 56.2 Å². The maximum absolute atomic E-state index is 12.3. The largest absolute Gasteiger partial charge is 0.453 e. The zero-order chi connectivity index (χ0) is 12.0. The molecule has 2 aromatic rings. The monoisotopic (exact) mass is 229 g/mol. The molecule has 1 unspecified atom stereocenters. The fourth-order valence-corrected chi connectivity index (χ4v) is 2.23. The molecule has 1 aliphatic carbocycles. The van der Waals surface area contributed by atoms with Gasteiger partial charge in [-0.05, 0) is 37.8 Å². The van der Waals surface area contributed by atoms with Crippen molar-refractivity contribution in [2.75, 3.05) is 0 Å². The molecule has 3 nitrogen and oxygen atoms in total. The Balaban J connectivity index is 2.00. The van der Waals surface area contributed by atoms with Crippen LogP contribution in [-0.4, -0.2) is 11.3 Å². The van der Waals surface area contributed by atoms with E-state index in [0.717, 1.165) is 23.8 Å². The zero-order valence-corrected chi connectivity index (χ0v) is 9.77. The molecule has 3 heteroatoms. The zero-order valence-electron chi connectivity index (χ0n) is 9.77. The van der Waals surface area contributed by atoms with Crippen LogP contribution in [0.1, 0.15) is 30.3 Å². The summed E-state index contributed by atoms with van der Waals surface area (Å²) in [7, 11) is 0. The molecule has 1 aromatic heterocycles. The van der Waals surface area contributed by atoms with Gasteiger partial charge in [-0.1, -0.05) is 18.2 Å². The van der Waals surface area contributed by atoms with Crippen molar-refractivity contribution in [2.24, 2.45) is 11.7 Å². The van der Waals surface area contributed by atoms with E-state index < -0.39 is 5.54 Å². The van der Waals surface area contributed by atoms with Gasteiger partial charge < -0.3 is 10.2 Å². The fourth-order valence-electron chi connectivity index (χ4n) is 2.23. The summed E-state index contributed by atoms with van der Waals surface area (Å²) >= 11 is 0. The third kappa shape index (κ3) is 1.67. The summed E-state index contributed by atoms with van der Waals surface area (Å²) in [4.78, 5) is 12.3. The van der Waals surface area contributed by atoms with Crippen molar-refractivity contribution in [3.8, 4) is 0 Å². The molecular formula is C14H15NO2. The molecule has 1 aliphatic rings. The smallest absolute Gasteiger partial charge is 0.217 e. The Labute approximate surface area is 99.6 Å². The van der Waals surface area contributed by atoms with Crippen molar-refractivity contribution in [2.45, 2.75) is 25.3 Å². The first-order chi connectivity index (χ1) is 8.09. The normalized spacial score (nSPS) is 19.2. The molecule has 0 spiro atoms. The van der Waals surface area contributed by atoms with Crippen molar-refractivity contribution < 1.29 is 9.21 Å². The summed E-state index contributed by atoms with van der Waals surface area (Å²) in [6.45, 7) is 1.81. The highest BCUT2D eigenvalue weighted by molar-refractivity contribution is 6.03.